The summed E-state index contributed by atoms with van der Waals surface area (Å²) in [6.07, 6.45) is 1.62. The Morgan fingerprint density at radius 3 is 2.62 bits per heavy atom. The van der Waals surface area contributed by atoms with E-state index in [9.17, 15) is 0 Å². The number of anilines is 2. The van der Waals surface area contributed by atoms with Crippen LogP contribution in [0.2, 0.25) is 0 Å². The van der Waals surface area contributed by atoms with E-state index in [1.54, 1.807) is 10.8 Å². The summed E-state index contributed by atoms with van der Waals surface area (Å²) in [6.45, 7) is 3.40. The van der Waals surface area contributed by atoms with E-state index in [0.717, 1.165) is 48.7 Å². The van der Waals surface area contributed by atoms with Gasteiger partial charge >= 0.3 is 0 Å². The molecule has 0 spiro atoms. The van der Waals surface area contributed by atoms with Crippen LogP contribution in [0.4, 0.5) is 11.8 Å². The van der Waals surface area contributed by atoms with E-state index in [0.29, 0.717) is 6.01 Å². The van der Waals surface area contributed by atoms with E-state index in [-0.39, 0.29) is 0 Å². The van der Waals surface area contributed by atoms with Gasteiger partial charge in [-0.25, -0.2) is 0 Å². The number of aromatic nitrogens is 5. The summed E-state index contributed by atoms with van der Waals surface area (Å²) in [4.78, 5) is 9.00. The Balaban J connectivity index is 1.34. The maximum Gasteiger partial charge on any atom is 0.298 e. The molecule has 0 atom stereocenters. The fraction of sp³-hybridized carbons (Fsp3) is 0.250. The Bertz CT molecular complexity index is 957. The summed E-state index contributed by atoms with van der Waals surface area (Å²) in [7, 11) is 0. The monoisotopic (exact) mass is 321 g/mol. The van der Waals surface area contributed by atoms with Crippen LogP contribution in [0.1, 0.15) is 0 Å². The van der Waals surface area contributed by atoms with Gasteiger partial charge in [0.1, 0.15) is 17.7 Å². The molecule has 0 N–H and O–H groups in total. The molecule has 1 saturated heterocycles. The van der Waals surface area contributed by atoms with Crippen LogP contribution in [0.5, 0.6) is 0 Å². The summed E-state index contributed by atoms with van der Waals surface area (Å²) in [5.41, 5.74) is 2.48. The first kappa shape index (κ1) is 13.3. The number of piperazine rings is 1. The first-order chi connectivity index (χ1) is 11.9. The number of oxazole rings is 1. The first-order valence-electron chi connectivity index (χ1n) is 7.89. The zero-order valence-corrected chi connectivity index (χ0v) is 12.9. The van der Waals surface area contributed by atoms with Crippen molar-refractivity contribution in [2.24, 2.45) is 0 Å². The molecule has 0 aliphatic carbocycles. The number of fused-ring (bicyclic) bond motifs is 2. The summed E-state index contributed by atoms with van der Waals surface area (Å²) >= 11 is 0. The topological polar surface area (TPSA) is 75.6 Å². The Morgan fingerprint density at radius 1 is 0.917 bits per heavy atom. The molecule has 0 unspecified atom stereocenters. The summed E-state index contributed by atoms with van der Waals surface area (Å²) < 4.78 is 7.55. The van der Waals surface area contributed by atoms with Gasteiger partial charge in [-0.15, -0.1) is 15.3 Å². The van der Waals surface area contributed by atoms with Gasteiger partial charge in [-0.3, -0.25) is 0 Å². The van der Waals surface area contributed by atoms with Crippen molar-refractivity contribution in [2.75, 3.05) is 36.0 Å². The lowest BCUT2D eigenvalue weighted by Gasteiger charge is -2.34. The summed E-state index contributed by atoms with van der Waals surface area (Å²) in [5.74, 6) is 0.930. The van der Waals surface area contributed by atoms with Gasteiger partial charge in [0.25, 0.3) is 6.01 Å². The van der Waals surface area contributed by atoms with Crippen molar-refractivity contribution in [3.05, 3.63) is 42.7 Å². The maximum absolute atomic E-state index is 5.86. The van der Waals surface area contributed by atoms with Gasteiger partial charge in [0, 0.05) is 26.2 Å². The quantitative estimate of drug-likeness (QED) is 0.555. The number of nitrogens with zero attached hydrogens (tertiary/aromatic N) is 7. The molecule has 1 aliphatic heterocycles. The summed E-state index contributed by atoms with van der Waals surface area (Å²) in [5, 5.41) is 12.4. The highest BCUT2D eigenvalue weighted by molar-refractivity contribution is 5.74. The van der Waals surface area contributed by atoms with Gasteiger partial charge in [-0.1, -0.05) is 12.1 Å². The molecule has 0 saturated carbocycles. The summed E-state index contributed by atoms with van der Waals surface area (Å²) in [6, 6.07) is 12.5. The Labute approximate surface area is 137 Å². The average molecular weight is 321 g/mol. The number of hydrogen-bond acceptors (Lipinski definition) is 7. The number of benzene rings is 1. The largest absolute Gasteiger partial charge is 0.423 e. The lowest BCUT2D eigenvalue weighted by molar-refractivity contribution is 0.539. The predicted molar refractivity (Wildman–Crippen MR) is 89.2 cm³/mol. The molecule has 0 amide bonds. The molecule has 4 aromatic rings. The Kier molecular flexibility index (Phi) is 2.87. The highest BCUT2D eigenvalue weighted by Crippen LogP contribution is 2.23. The fourth-order valence-electron chi connectivity index (χ4n) is 3.01. The first-order valence-corrected chi connectivity index (χ1v) is 7.89. The number of para-hydroxylation sites is 2. The molecule has 120 valence electrons. The second-order valence-electron chi connectivity index (χ2n) is 5.76. The molecule has 1 fully saturated rings. The third-order valence-electron chi connectivity index (χ3n) is 4.30. The zero-order valence-electron chi connectivity index (χ0n) is 12.9. The second kappa shape index (κ2) is 5.19. The van der Waals surface area contributed by atoms with Crippen molar-refractivity contribution < 1.29 is 4.42 Å². The molecule has 5 rings (SSSR count). The average Bonchev–Trinajstić information content (AvgIpc) is 3.27. The van der Waals surface area contributed by atoms with E-state index >= 15 is 0 Å². The third-order valence-corrected chi connectivity index (χ3v) is 4.30. The molecule has 8 heteroatoms. The van der Waals surface area contributed by atoms with Gasteiger partial charge < -0.3 is 14.2 Å². The molecule has 8 nitrogen and oxygen atoms in total. The van der Waals surface area contributed by atoms with Crippen LogP contribution in [-0.2, 0) is 0 Å². The van der Waals surface area contributed by atoms with Crippen molar-refractivity contribution in [1.29, 1.82) is 0 Å². The highest BCUT2D eigenvalue weighted by Gasteiger charge is 2.22. The van der Waals surface area contributed by atoms with Gasteiger partial charge in [-0.05, 0) is 24.3 Å². The van der Waals surface area contributed by atoms with Crippen LogP contribution < -0.4 is 9.80 Å². The maximum atomic E-state index is 5.86. The van der Waals surface area contributed by atoms with Crippen LogP contribution in [0.3, 0.4) is 0 Å². The minimum Gasteiger partial charge on any atom is -0.423 e. The van der Waals surface area contributed by atoms with Crippen molar-refractivity contribution in [3.63, 3.8) is 0 Å². The second-order valence-corrected chi connectivity index (χ2v) is 5.76. The minimum atomic E-state index is 0.693. The molecular formula is C16H15N7O. The van der Waals surface area contributed by atoms with Crippen molar-refractivity contribution >= 4 is 28.6 Å². The van der Waals surface area contributed by atoms with E-state index < -0.39 is 0 Å². The van der Waals surface area contributed by atoms with Crippen LogP contribution in [-0.4, -0.2) is 51.0 Å². The van der Waals surface area contributed by atoms with Crippen molar-refractivity contribution in [3.8, 4) is 0 Å². The normalized spacial score (nSPS) is 15.5. The number of hydrogen-bond donors (Lipinski definition) is 0. The lowest BCUT2D eigenvalue weighted by Crippen LogP contribution is -2.47. The highest BCUT2D eigenvalue weighted by atomic mass is 16.4. The van der Waals surface area contributed by atoms with Gasteiger partial charge in [-0.2, -0.15) is 9.50 Å². The van der Waals surface area contributed by atoms with E-state index in [1.165, 1.54) is 0 Å². The standard InChI is InChI=1S/C16H15N7O/c1-2-4-13-12(3-1)18-16(24-13)22-9-7-21(8-10-22)15-6-5-14-19-17-11-23(14)20-15/h1-6,11H,7-10H2. The fourth-order valence-corrected chi connectivity index (χ4v) is 3.01. The van der Waals surface area contributed by atoms with Crippen LogP contribution in [0, 0.1) is 0 Å². The third kappa shape index (κ3) is 2.15. The van der Waals surface area contributed by atoms with Crippen LogP contribution in [0.15, 0.2) is 47.1 Å². The molecule has 3 aromatic heterocycles. The van der Waals surface area contributed by atoms with E-state index in [1.807, 2.05) is 36.4 Å². The van der Waals surface area contributed by atoms with Gasteiger partial charge in [0.2, 0.25) is 0 Å². The van der Waals surface area contributed by atoms with Gasteiger partial charge in [0.05, 0.1) is 0 Å². The zero-order chi connectivity index (χ0) is 15.9. The molecule has 0 radical (unpaired) electrons. The van der Waals surface area contributed by atoms with E-state index in [4.69, 9.17) is 4.42 Å². The SMILES string of the molecule is c1ccc2oc(N3CCN(c4ccc5nncn5n4)CC3)nc2c1. The molecule has 1 aromatic carbocycles. The Hall–Kier alpha value is -3.16. The Morgan fingerprint density at radius 2 is 1.75 bits per heavy atom. The van der Waals surface area contributed by atoms with Crippen LogP contribution in [0.25, 0.3) is 16.7 Å². The van der Waals surface area contributed by atoms with Crippen molar-refractivity contribution in [2.45, 2.75) is 0 Å². The number of rotatable bonds is 2. The molecular weight excluding hydrogens is 306 g/mol. The molecule has 1 aliphatic rings. The van der Waals surface area contributed by atoms with E-state index in [2.05, 4.69) is 30.1 Å². The lowest BCUT2D eigenvalue weighted by atomic mass is 10.3. The van der Waals surface area contributed by atoms with Crippen LogP contribution >= 0.6 is 0 Å². The molecule has 4 heterocycles. The molecule has 0 bridgehead atoms. The smallest absolute Gasteiger partial charge is 0.298 e. The molecule has 24 heavy (non-hydrogen) atoms. The van der Waals surface area contributed by atoms with Gasteiger partial charge in [0.15, 0.2) is 11.2 Å². The van der Waals surface area contributed by atoms with Crippen molar-refractivity contribution in [1.82, 2.24) is 24.8 Å². The minimum absolute atomic E-state index is 0.693. The predicted octanol–water partition coefficient (Wildman–Crippen LogP) is 1.59.